The van der Waals surface area contributed by atoms with Gasteiger partial charge in [0.15, 0.2) is 0 Å². The Morgan fingerprint density at radius 2 is 1.91 bits per heavy atom. The van der Waals surface area contributed by atoms with Crippen LogP contribution in [0.4, 0.5) is 0 Å². The Bertz CT molecular complexity index is 678. The molecule has 7 heteroatoms. The van der Waals surface area contributed by atoms with Crippen LogP contribution in [0.3, 0.4) is 0 Å². The second-order valence-electron chi connectivity index (χ2n) is 4.25. The Hall–Kier alpha value is -2.11. The number of aromatic nitrogens is 1. The van der Waals surface area contributed by atoms with E-state index in [0.29, 0.717) is 10.6 Å². The molecule has 0 aliphatic rings. The topological polar surface area (TPSA) is 68.3 Å². The monoisotopic (exact) mass is 338 g/mol. The molecule has 0 bridgehead atoms. The van der Waals surface area contributed by atoms with Crippen molar-refractivity contribution in [3.05, 3.63) is 63.9 Å². The van der Waals surface area contributed by atoms with E-state index in [2.05, 4.69) is 10.3 Å². The van der Waals surface area contributed by atoms with Gasteiger partial charge in [-0.3, -0.25) is 4.79 Å². The van der Waals surface area contributed by atoms with Crippen molar-refractivity contribution >= 4 is 35.1 Å². The van der Waals surface area contributed by atoms with Crippen LogP contribution in [0, 0.1) is 0 Å². The smallest absolute Gasteiger partial charge is 0.338 e. The third-order valence-corrected chi connectivity index (χ3v) is 3.19. The maximum absolute atomic E-state index is 11.9. The van der Waals surface area contributed by atoms with Crippen LogP contribution in [-0.2, 0) is 4.74 Å². The van der Waals surface area contributed by atoms with Crippen LogP contribution in [-0.4, -0.2) is 30.0 Å². The summed E-state index contributed by atoms with van der Waals surface area (Å²) in [7, 11) is 0. The highest BCUT2D eigenvalue weighted by atomic mass is 35.5. The lowest BCUT2D eigenvalue weighted by atomic mass is 10.2. The first-order valence-corrected chi connectivity index (χ1v) is 7.15. The Morgan fingerprint density at radius 1 is 1.18 bits per heavy atom. The van der Waals surface area contributed by atoms with Gasteiger partial charge in [-0.1, -0.05) is 41.4 Å². The van der Waals surface area contributed by atoms with Gasteiger partial charge < -0.3 is 10.1 Å². The van der Waals surface area contributed by atoms with Crippen LogP contribution < -0.4 is 5.32 Å². The Kier molecular flexibility index (Phi) is 5.75. The van der Waals surface area contributed by atoms with Gasteiger partial charge >= 0.3 is 5.97 Å². The maximum Gasteiger partial charge on any atom is 0.338 e. The van der Waals surface area contributed by atoms with Crippen molar-refractivity contribution in [2.75, 3.05) is 13.2 Å². The Labute approximate surface area is 137 Å². The highest BCUT2D eigenvalue weighted by Crippen LogP contribution is 2.17. The summed E-state index contributed by atoms with van der Waals surface area (Å²) in [5, 5.41) is 2.94. The molecule has 0 aliphatic carbocycles. The summed E-state index contributed by atoms with van der Waals surface area (Å²) in [5.41, 5.74) is 0.625. The summed E-state index contributed by atoms with van der Waals surface area (Å²) in [4.78, 5) is 27.4. The number of amides is 1. The average Bonchev–Trinajstić information content (AvgIpc) is 2.54. The lowest BCUT2D eigenvalue weighted by Gasteiger charge is -2.07. The molecule has 1 aromatic carbocycles. The fourth-order valence-corrected chi connectivity index (χ4v) is 1.99. The molecule has 0 spiro atoms. The molecule has 0 saturated heterocycles. The van der Waals surface area contributed by atoms with Crippen LogP contribution in [0.15, 0.2) is 42.6 Å². The first kappa shape index (κ1) is 16.3. The van der Waals surface area contributed by atoms with Gasteiger partial charge in [-0.05, 0) is 18.2 Å². The van der Waals surface area contributed by atoms with E-state index in [1.165, 1.54) is 12.3 Å². The summed E-state index contributed by atoms with van der Waals surface area (Å²) in [6, 6.07) is 10.0. The van der Waals surface area contributed by atoms with Crippen molar-refractivity contribution in [3.63, 3.8) is 0 Å². The number of halogens is 2. The van der Waals surface area contributed by atoms with E-state index in [0.717, 1.165) is 0 Å². The number of esters is 1. The van der Waals surface area contributed by atoms with E-state index in [4.69, 9.17) is 27.9 Å². The van der Waals surface area contributed by atoms with E-state index in [1.54, 1.807) is 30.3 Å². The summed E-state index contributed by atoms with van der Waals surface area (Å²) in [5.74, 6) is -0.881. The van der Waals surface area contributed by atoms with E-state index in [1.807, 2.05) is 0 Å². The van der Waals surface area contributed by atoms with Crippen molar-refractivity contribution in [2.24, 2.45) is 0 Å². The van der Waals surface area contributed by atoms with Crippen LogP contribution in [0.25, 0.3) is 0 Å². The van der Waals surface area contributed by atoms with Gasteiger partial charge in [-0.15, -0.1) is 0 Å². The number of pyridine rings is 1. The van der Waals surface area contributed by atoms with Crippen molar-refractivity contribution < 1.29 is 14.3 Å². The molecule has 0 unspecified atom stereocenters. The fourth-order valence-electron chi connectivity index (χ4n) is 1.64. The van der Waals surface area contributed by atoms with Crippen LogP contribution >= 0.6 is 23.2 Å². The molecule has 0 atom stereocenters. The van der Waals surface area contributed by atoms with Gasteiger partial charge in [0.05, 0.1) is 22.7 Å². The van der Waals surface area contributed by atoms with Crippen LogP contribution in [0.5, 0.6) is 0 Å². The zero-order valence-corrected chi connectivity index (χ0v) is 12.9. The number of benzene rings is 1. The molecule has 1 amide bonds. The number of rotatable bonds is 5. The van der Waals surface area contributed by atoms with Crippen molar-refractivity contribution in [3.8, 4) is 0 Å². The van der Waals surface area contributed by atoms with E-state index >= 15 is 0 Å². The molecule has 114 valence electrons. The number of nitrogens with zero attached hydrogens (tertiary/aromatic N) is 1. The largest absolute Gasteiger partial charge is 0.460 e. The van der Waals surface area contributed by atoms with Crippen molar-refractivity contribution in [1.29, 1.82) is 0 Å². The predicted octanol–water partition coefficient (Wildman–Crippen LogP) is 2.98. The van der Waals surface area contributed by atoms with E-state index in [-0.39, 0.29) is 23.9 Å². The van der Waals surface area contributed by atoms with Gasteiger partial charge in [0.2, 0.25) is 0 Å². The zero-order valence-electron chi connectivity index (χ0n) is 11.4. The number of ether oxygens (including phenoxy) is 1. The first-order valence-electron chi connectivity index (χ1n) is 6.39. The molecule has 22 heavy (non-hydrogen) atoms. The summed E-state index contributed by atoms with van der Waals surface area (Å²) >= 11 is 11.6. The molecule has 0 radical (unpaired) electrons. The minimum Gasteiger partial charge on any atom is -0.460 e. The molecule has 0 fully saturated rings. The van der Waals surface area contributed by atoms with Crippen LogP contribution in [0.2, 0.25) is 10.2 Å². The minimum absolute atomic E-state index is 0.0467. The summed E-state index contributed by atoms with van der Waals surface area (Å²) in [6.45, 7) is 0.200. The lowest BCUT2D eigenvalue weighted by molar-refractivity contribution is 0.0503. The number of nitrogens with one attached hydrogen (secondary N) is 1. The predicted molar refractivity (Wildman–Crippen MR) is 83.3 cm³/mol. The maximum atomic E-state index is 11.9. The third kappa shape index (κ3) is 4.44. The van der Waals surface area contributed by atoms with Crippen LogP contribution in [0.1, 0.15) is 20.7 Å². The molecule has 1 heterocycles. The highest BCUT2D eigenvalue weighted by molar-refractivity contribution is 6.34. The zero-order chi connectivity index (χ0) is 15.9. The van der Waals surface area contributed by atoms with Gasteiger partial charge in [0.25, 0.3) is 5.91 Å². The van der Waals surface area contributed by atoms with Gasteiger partial charge in [-0.25, -0.2) is 9.78 Å². The fraction of sp³-hybridized carbons (Fsp3) is 0.133. The molecule has 5 nitrogen and oxygen atoms in total. The molecule has 1 N–H and O–H groups in total. The molecule has 0 aliphatic heterocycles. The molecule has 0 saturated carbocycles. The van der Waals surface area contributed by atoms with Crippen molar-refractivity contribution in [1.82, 2.24) is 10.3 Å². The Morgan fingerprint density at radius 3 is 2.64 bits per heavy atom. The second-order valence-corrected chi connectivity index (χ2v) is 5.04. The SMILES string of the molecule is O=C(OCCNC(=O)c1cc(Cl)cnc1Cl)c1ccccc1. The number of hydrogen-bond donors (Lipinski definition) is 1. The van der Waals surface area contributed by atoms with Gasteiger partial charge in [-0.2, -0.15) is 0 Å². The number of carbonyl (C=O) groups is 2. The lowest BCUT2D eigenvalue weighted by Crippen LogP contribution is -2.28. The van der Waals surface area contributed by atoms with Crippen molar-refractivity contribution in [2.45, 2.75) is 0 Å². The Balaban J connectivity index is 1.80. The standard InChI is InChI=1S/C15H12Cl2N2O3/c16-11-8-12(13(17)19-9-11)14(20)18-6-7-22-15(21)10-4-2-1-3-5-10/h1-5,8-9H,6-7H2,(H,18,20). The minimum atomic E-state index is -0.447. The second kappa shape index (κ2) is 7.77. The highest BCUT2D eigenvalue weighted by Gasteiger charge is 2.12. The summed E-state index contributed by atoms with van der Waals surface area (Å²) in [6.07, 6.45) is 1.35. The first-order chi connectivity index (χ1) is 10.6. The third-order valence-electron chi connectivity index (χ3n) is 2.68. The quantitative estimate of drug-likeness (QED) is 0.517. The molecule has 1 aromatic heterocycles. The molecular formula is C15H12Cl2N2O3. The van der Waals surface area contributed by atoms with Gasteiger partial charge in [0.1, 0.15) is 11.8 Å². The number of hydrogen-bond acceptors (Lipinski definition) is 4. The van der Waals surface area contributed by atoms with E-state index in [9.17, 15) is 9.59 Å². The normalized spacial score (nSPS) is 10.1. The molecule has 2 aromatic rings. The summed E-state index contributed by atoms with van der Waals surface area (Å²) < 4.78 is 5.04. The molecule has 2 rings (SSSR count). The molecular weight excluding hydrogens is 327 g/mol. The van der Waals surface area contributed by atoms with Gasteiger partial charge in [0, 0.05) is 6.20 Å². The van der Waals surface area contributed by atoms with E-state index < -0.39 is 11.9 Å². The number of carbonyl (C=O) groups excluding carboxylic acids is 2. The average molecular weight is 339 g/mol.